The molecule has 0 saturated heterocycles. The topological polar surface area (TPSA) is 150 Å². The number of ether oxygens (including phenoxy) is 7. The van der Waals surface area contributed by atoms with E-state index in [9.17, 15) is 24.0 Å². The second-order valence-electron chi connectivity index (χ2n) is 8.40. The maximum absolute atomic E-state index is 12.6. The smallest absolute Gasteiger partial charge is 0.343 e. The van der Waals surface area contributed by atoms with Crippen molar-refractivity contribution in [3.63, 3.8) is 0 Å². The Morgan fingerprint density at radius 2 is 1.07 bits per heavy atom. The van der Waals surface area contributed by atoms with Crippen LogP contribution in [-0.4, -0.2) is 68.5 Å². The highest BCUT2D eigenvalue weighted by Crippen LogP contribution is 2.20. The third kappa shape index (κ3) is 12.8. The fraction of sp³-hybridized carbons (Fsp3) is 0.258. The first-order valence-electron chi connectivity index (χ1n) is 13.0. The maximum Gasteiger partial charge on any atom is 0.343 e. The Labute approximate surface area is 248 Å². The zero-order valence-corrected chi connectivity index (χ0v) is 23.6. The molecule has 0 heterocycles. The zero-order valence-electron chi connectivity index (χ0n) is 23.6. The molecule has 0 spiro atoms. The fourth-order valence-electron chi connectivity index (χ4n) is 3.02. The summed E-state index contributed by atoms with van der Waals surface area (Å²) in [5.74, 6) is -2.17. The summed E-state index contributed by atoms with van der Waals surface area (Å²) in [6, 6.07) is 12.1. The summed E-state index contributed by atoms with van der Waals surface area (Å²) in [5.41, 5.74) is 0.233. The number of hydrogen-bond donors (Lipinski definition) is 0. The molecular weight excluding hydrogens is 564 g/mol. The van der Waals surface area contributed by atoms with E-state index in [4.69, 9.17) is 33.2 Å². The van der Waals surface area contributed by atoms with Crippen molar-refractivity contribution in [2.24, 2.45) is 0 Å². The van der Waals surface area contributed by atoms with Crippen LogP contribution in [0.2, 0.25) is 0 Å². The quantitative estimate of drug-likeness (QED) is 0.107. The largest absolute Gasteiger partial charge is 0.490 e. The van der Waals surface area contributed by atoms with Crippen molar-refractivity contribution in [2.75, 3.05) is 26.4 Å². The van der Waals surface area contributed by atoms with Gasteiger partial charge in [0.15, 0.2) is 12.2 Å². The van der Waals surface area contributed by atoms with Crippen molar-refractivity contribution in [1.82, 2.24) is 0 Å². The first kappa shape index (κ1) is 33.8. The molecule has 0 fully saturated rings. The van der Waals surface area contributed by atoms with Gasteiger partial charge < -0.3 is 33.2 Å². The number of carbonyl (C=O) groups is 5. The van der Waals surface area contributed by atoms with Gasteiger partial charge in [0.1, 0.15) is 43.7 Å². The van der Waals surface area contributed by atoms with Crippen LogP contribution in [0.5, 0.6) is 17.2 Å². The molecule has 12 heteroatoms. The van der Waals surface area contributed by atoms with Gasteiger partial charge in [-0.05, 0) is 48.5 Å². The molecule has 0 radical (unpaired) electrons. The van der Waals surface area contributed by atoms with E-state index in [1.807, 2.05) is 0 Å². The van der Waals surface area contributed by atoms with E-state index in [2.05, 4.69) is 19.7 Å². The van der Waals surface area contributed by atoms with E-state index in [1.165, 1.54) is 36.4 Å². The first-order valence-corrected chi connectivity index (χ1v) is 13.0. The predicted octanol–water partition coefficient (Wildman–Crippen LogP) is 3.54. The number of benzene rings is 2. The molecule has 0 bridgehead atoms. The third-order valence-electron chi connectivity index (χ3n) is 5.19. The van der Waals surface area contributed by atoms with E-state index >= 15 is 0 Å². The monoisotopic (exact) mass is 596 g/mol. The van der Waals surface area contributed by atoms with Crippen LogP contribution in [0.1, 0.15) is 23.7 Å². The number of rotatable bonds is 18. The van der Waals surface area contributed by atoms with Crippen LogP contribution in [-0.2, 0) is 38.1 Å². The van der Waals surface area contributed by atoms with Crippen molar-refractivity contribution >= 4 is 29.8 Å². The van der Waals surface area contributed by atoms with Gasteiger partial charge in [0.05, 0.1) is 5.56 Å². The Morgan fingerprint density at radius 1 is 0.628 bits per heavy atom. The van der Waals surface area contributed by atoms with E-state index in [1.54, 1.807) is 19.1 Å². The van der Waals surface area contributed by atoms with Gasteiger partial charge in [-0.2, -0.15) is 0 Å². The summed E-state index contributed by atoms with van der Waals surface area (Å²) in [6.45, 7) is 10.9. The summed E-state index contributed by atoms with van der Waals surface area (Å²) in [4.78, 5) is 58.4. The average molecular weight is 597 g/mol. The lowest BCUT2D eigenvalue weighted by atomic mass is 10.2. The van der Waals surface area contributed by atoms with Gasteiger partial charge >= 0.3 is 29.8 Å². The Bertz CT molecular complexity index is 1280. The molecule has 0 N–H and O–H groups in total. The zero-order chi connectivity index (χ0) is 31.6. The van der Waals surface area contributed by atoms with Gasteiger partial charge in [-0.1, -0.05) is 26.7 Å². The van der Waals surface area contributed by atoms with E-state index in [0.29, 0.717) is 11.5 Å². The van der Waals surface area contributed by atoms with E-state index in [0.717, 1.165) is 18.2 Å². The number of esters is 5. The van der Waals surface area contributed by atoms with Crippen molar-refractivity contribution in [1.29, 1.82) is 0 Å². The van der Waals surface area contributed by atoms with Gasteiger partial charge in [0, 0.05) is 24.6 Å². The molecule has 0 aromatic heterocycles. The first-order chi connectivity index (χ1) is 20.7. The highest BCUT2D eigenvalue weighted by Gasteiger charge is 2.18. The Kier molecular flexibility index (Phi) is 14.3. The van der Waals surface area contributed by atoms with Gasteiger partial charge in [0.2, 0.25) is 0 Å². The van der Waals surface area contributed by atoms with Crippen LogP contribution < -0.4 is 14.2 Å². The third-order valence-corrected chi connectivity index (χ3v) is 5.19. The van der Waals surface area contributed by atoms with Crippen LogP contribution in [0.25, 0.3) is 0 Å². The van der Waals surface area contributed by atoms with Crippen LogP contribution in [0.4, 0.5) is 0 Å². The maximum atomic E-state index is 12.6. The molecule has 228 valence electrons. The fourth-order valence-corrected chi connectivity index (χ4v) is 3.02. The average Bonchev–Trinajstić information content (AvgIpc) is 3.03. The Balaban J connectivity index is 1.90. The summed E-state index contributed by atoms with van der Waals surface area (Å²) in [7, 11) is 0. The lowest BCUT2D eigenvalue weighted by Crippen LogP contribution is -2.30. The molecule has 0 saturated carbocycles. The predicted molar refractivity (Wildman–Crippen MR) is 151 cm³/mol. The van der Waals surface area contributed by atoms with Crippen molar-refractivity contribution in [3.05, 3.63) is 92.1 Å². The minimum Gasteiger partial charge on any atom is -0.490 e. The van der Waals surface area contributed by atoms with Crippen molar-refractivity contribution in [2.45, 2.75) is 25.6 Å². The molecule has 12 nitrogen and oxygen atoms in total. The second-order valence-corrected chi connectivity index (χ2v) is 8.40. The minimum absolute atomic E-state index is 0.0822. The highest BCUT2D eigenvalue weighted by atomic mass is 16.6. The summed E-state index contributed by atoms with van der Waals surface area (Å²) in [6.07, 6.45) is 1.35. The molecule has 43 heavy (non-hydrogen) atoms. The molecular formula is C31H32O12. The van der Waals surface area contributed by atoms with Crippen LogP contribution >= 0.6 is 0 Å². The highest BCUT2D eigenvalue weighted by molar-refractivity contribution is 5.91. The summed E-state index contributed by atoms with van der Waals surface area (Å²) >= 11 is 0. The molecule has 2 aromatic rings. The Morgan fingerprint density at radius 3 is 1.53 bits per heavy atom. The van der Waals surface area contributed by atoms with Crippen LogP contribution in [0.15, 0.2) is 86.5 Å². The standard InChI is InChI=1S/C31H32O12/c1-5-27(32)39-19-25(41-29(34)7-3)17-37-22-11-9-21(10-12-22)31(36)43-24-15-13-23(14-16-24)38-18-26(42-30(35)8-4)20-40-28(33)6-2/h5-7,9-16,25-26H,1-3,8,17-20H2,4H3. The van der Waals surface area contributed by atoms with Gasteiger partial charge in [0.25, 0.3) is 0 Å². The molecule has 2 rings (SSSR count). The molecule has 2 aromatic carbocycles. The van der Waals surface area contributed by atoms with Crippen LogP contribution in [0.3, 0.4) is 0 Å². The van der Waals surface area contributed by atoms with Gasteiger partial charge in [-0.3, -0.25) is 4.79 Å². The Hall–Kier alpha value is -5.39. The molecule has 0 amide bonds. The normalized spacial score (nSPS) is 11.5. The molecule has 2 atom stereocenters. The summed E-state index contributed by atoms with van der Waals surface area (Å²) < 4.78 is 36.8. The number of carbonyl (C=O) groups excluding carboxylic acids is 5. The lowest BCUT2D eigenvalue weighted by molar-refractivity contribution is -0.158. The van der Waals surface area contributed by atoms with Crippen molar-refractivity contribution in [3.8, 4) is 17.2 Å². The van der Waals surface area contributed by atoms with Gasteiger partial charge in [-0.25, -0.2) is 19.2 Å². The van der Waals surface area contributed by atoms with Gasteiger partial charge in [-0.15, -0.1) is 0 Å². The summed E-state index contributed by atoms with van der Waals surface area (Å²) in [5, 5.41) is 0. The molecule has 2 unspecified atom stereocenters. The number of hydrogen-bond acceptors (Lipinski definition) is 12. The molecule has 0 aliphatic rings. The van der Waals surface area contributed by atoms with E-state index in [-0.39, 0.29) is 44.2 Å². The minimum atomic E-state index is -0.905. The SMILES string of the molecule is C=CC(=O)OCC(COc1ccc(C(=O)Oc2ccc(OCC(COC(=O)C=C)OC(=O)CC)cc2)cc1)OC(=O)C=C. The van der Waals surface area contributed by atoms with Crippen molar-refractivity contribution < 1.29 is 57.1 Å². The van der Waals surface area contributed by atoms with E-state index < -0.39 is 42.1 Å². The molecule has 0 aliphatic heterocycles. The second kappa shape index (κ2) is 18.1. The van der Waals surface area contributed by atoms with Crippen LogP contribution in [0, 0.1) is 0 Å². The molecule has 0 aliphatic carbocycles. The lowest BCUT2D eigenvalue weighted by Gasteiger charge is -2.18.